The Morgan fingerprint density at radius 3 is 1.91 bits per heavy atom. The van der Waals surface area contributed by atoms with Gasteiger partial charge in [0, 0.05) is 12.1 Å². The molecule has 3 aromatic rings. The summed E-state index contributed by atoms with van der Waals surface area (Å²) in [5.74, 6) is -0.0881. The highest BCUT2D eigenvalue weighted by molar-refractivity contribution is 5.96. The fourth-order valence-electron chi connectivity index (χ4n) is 3.21. The number of nitro groups is 1. The summed E-state index contributed by atoms with van der Waals surface area (Å²) < 4.78 is 15.5. The zero-order chi connectivity index (χ0) is 24.7. The van der Waals surface area contributed by atoms with E-state index < -0.39 is 29.4 Å². The van der Waals surface area contributed by atoms with Crippen molar-refractivity contribution >= 4 is 23.3 Å². The maximum atomic E-state index is 12.7. The number of nitrogens with one attached hydrogen (secondary N) is 1. The van der Waals surface area contributed by atoms with Gasteiger partial charge in [-0.05, 0) is 41.5 Å². The Hall–Kier alpha value is -4.60. The number of hydrogen-bond donors (Lipinski definition) is 2. The monoisotopic (exact) mass is 465 g/mol. The van der Waals surface area contributed by atoms with Crippen LogP contribution in [0.1, 0.15) is 27.5 Å². The third-order valence-corrected chi connectivity index (χ3v) is 5.00. The van der Waals surface area contributed by atoms with E-state index in [4.69, 9.17) is 19.9 Å². The fourth-order valence-corrected chi connectivity index (χ4v) is 3.21. The Morgan fingerprint density at radius 1 is 0.941 bits per heavy atom. The Bertz CT molecular complexity index is 1130. The van der Waals surface area contributed by atoms with Crippen LogP contribution < -0.4 is 20.5 Å². The number of esters is 1. The van der Waals surface area contributed by atoms with E-state index in [1.54, 1.807) is 38.5 Å². The third kappa shape index (κ3) is 5.80. The van der Waals surface area contributed by atoms with Crippen LogP contribution in [0, 0.1) is 10.1 Å². The van der Waals surface area contributed by atoms with Gasteiger partial charge in [-0.3, -0.25) is 14.9 Å². The summed E-state index contributed by atoms with van der Waals surface area (Å²) in [5, 5.41) is 13.7. The van der Waals surface area contributed by atoms with Crippen molar-refractivity contribution in [2.75, 3.05) is 26.6 Å². The van der Waals surface area contributed by atoms with Crippen LogP contribution in [0.25, 0.3) is 0 Å². The molecule has 0 heterocycles. The molecule has 0 aliphatic carbocycles. The Labute approximate surface area is 195 Å². The number of carbonyl (C=O) groups excluding carboxylic acids is 2. The summed E-state index contributed by atoms with van der Waals surface area (Å²) in [4.78, 5) is 35.2. The average Bonchev–Trinajstić information content (AvgIpc) is 2.86. The van der Waals surface area contributed by atoms with Crippen LogP contribution in [0.5, 0.6) is 11.5 Å². The smallest absolute Gasteiger partial charge is 0.340 e. The lowest BCUT2D eigenvalue weighted by atomic mass is 9.98. The van der Waals surface area contributed by atoms with Crippen LogP contribution in [0.15, 0.2) is 66.7 Å². The van der Waals surface area contributed by atoms with E-state index in [-0.39, 0.29) is 16.9 Å². The van der Waals surface area contributed by atoms with E-state index in [2.05, 4.69) is 5.32 Å². The molecule has 0 atom stereocenters. The van der Waals surface area contributed by atoms with Crippen LogP contribution in [-0.2, 0) is 9.53 Å². The summed E-state index contributed by atoms with van der Waals surface area (Å²) in [6.45, 7) is -0.571. The van der Waals surface area contributed by atoms with E-state index in [1.807, 2.05) is 24.3 Å². The summed E-state index contributed by atoms with van der Waals surface area (Å²) in [5.41, 5.74) is 6.84. The van der Waals surface area contributed by atoms with Crippen molar-refractivity contribution in [3.8, 4) is 11.5 Å². The molecule has 0 saturated heterocycles. The second-order valence-electron chi connectivity index (χ2n) is 7.15. The number of nitrogen functional groups attached to an aromatic ring is 1. The second kappa shape index (κ2) is 10.8. The van der Waals surface area contributed by atoms with Gasteiger partial charge in [-0.1, -0.05) is 24.3 Å². The molecule has 0 aliphatic heterocycles. The largest absolute Gasteiger partial charge is 0.497 e. The molecule has 10 heteroatoms. The molecule has 0 bridgehead atoms. The van der Waals surface area contributed by atoms with Crippen molar-refractivity contribution in [1.29, 1.82) is 0 Å². The summed E-state index contributed by atoms with van der Waals surface area (Å²) in [7, 11) is 3.12. The van der Waals surface area contributed by atoms with Crippen LogP contribution in [0.3, 0.4) is 0 Å². The molecular weight excluding hydrogens is 442 g/mol. The van der Waals surface area contributed by atoms with Gasteiger partial charge in [-0.2, -0.15) is 0 Å². The molecule has 0 radical (unpaired) electrons. The number of amides is 1. The van der Waals surface area contributed by atoms with Gasteiger partial charge in [0.15, 0.2) is 6.61 Å². The first-order valence-electron chi connectivity index (χ1n) is 10.1. The number of benzene rings is 3. The lowest BCUT2D eigenvalue weighted by Crippen LogP contribution is -2.33. The summed E-state index contributed by atoms with van der Waals surface area (Å²) >= 11 is 0. The third-order valence-electron chi connectivity index (χ3n) is 5.00. The van der Waals surface area contributed by atoms with Crippen molar-refractivity contribution in [3.05, 3.63) is 93.5 Å². The Morgan fingerprint density at radius 2 is 1.47 bits per heavy atom. The highest BCUT2D eigenvalue weighted by atomic mass is 16.6. The molecule has 0 unspecified atom stereocenters. The molecule has 10 nitrogen and oxygen atoms in total. The maximum absolute atomic E-state index is 12.7. The number of anilines is 1. The molecule has 3 rings (SSSR count). The topological polar surface area (TPSA) is 143 Å². The standard InChI is InChI=1S/C24H23N3O7/c1-32-18-8-3-15(4-9-18)23(16-5-10-19(33-2)11-6-16)26-22(28)14-34-24(29)20-12-7-17(27(30)31)13-21(20)25/h3-13,23H,14,25H2,1-2H3,(H,26,28). The zero-order valence-electron chi connectivity index (χ0n) is 18.5. The van der Waals surface area contributed by atoms with Crippen LogP contribution >= 0.6 is 0 Å². The van der Waals surface area contributed by atoms with Gasteiger partial charge in [0.2, 0.25) is 0 Å². The minimum Gasteiger partial charge on any atom is -0.497 e. The zero-order valence-corrected chi connectivity index (χ0v) is 18.5. The van der Waals surface area contributed by atoms with E-state index >= 15 is 0 Å². The molecule has 176 valence electrons. The minimum atomic E-state index is -0.868. The van der Waals surface area contributed by atoms with Gasteiger partial charge in [0.25, 0.3) is 11.6 Å². The molecule has 0 fully saturated rings. The van der Waals surface area contributed by atoms with E-state index in [9.17, 15) is 19.7 Å². The molecule has 0 aromatic heterocycles. The second-order valence-corrected chi connectivity index (χ2v) is 7.15. The van der Waals surface area contributed by atoms with Crippen LogP contribution in [-0.4, -0.2) is 37.6 Å². The normalized spacial score (nSPS) is 10.4. The molecular formula is C24H23N3O7. The van der Waals surface area contributed by atoms with Gasteiger partial charge in [0.05, 0.1) is 36.4 Å². The molecule has 3 N–H and O–H groups in total. The van der Waals surface area contributed by atoms with E-state index in [0.717, 1.165) is 23.3 Å². The first kappa shape index (κ1) is 24.1. The minimum absolute atomic E-state index is 0.0692. The molecule has 1 amide bonds. The lowest BCUT2D eigenvalue weighted by molar-refractivity contribution is -0.384. The highest BCUT2D eigenvalue weighted by Crippen LogP contribution is 2.26. The number of rotatable bonds is 9. The number of nitrogens with zero attached hydrogens (tertiary/aromatic N) is 1. The quantitative estimate of drug-likeness (QED) is 0.212. The lowest BCUT2D eigenvalue weighted by Gasteiger charge is -2.20. The van der Waals surface area contributed by atoms with Gasteiger partial charge in [0.1, 0.15) is 11.5 Å². The Kier molecular flexibility index (Phi) is 7.65. The van der Waals surface area contributed by atoms with Gasteiger partial charge < -0.3 is 25.3 Å². The molecule has 0 spiro atoms. The van der Waals surface area contributed by atoms with Crippen LogP contribution in [0.4, 0.5) is 11.4 Å². The Balaban J connectivity index is 1.73. The highest BCUT2D eigenvalue weighted by Gasteiger charge is 2.20. The molecule has 34 heavy (non-hydrogen) atoms. The molecule has 0 saturated carbocycles. The van der Waals surface area contributed by atoms with Gasteiger partial charge >= 0.3 is 5.97 Å². The first-order valence-corrected chi connectivity index (χ1v) is 10.1. The van der Waals surface area contributed by atoms with Gasteiger partial charge in [-0.25, -0.2) is 4.79 Å². The number of nitro benzene ring substituents is 1. The fraction of sp³-hybridized carbons (Fsp3) is 0.167. The first-order chi connectivity index (χ1) is 16.3. The number of carbonyl (C=O) groups is 2. The summed E-state index contributed by atoms with van der Waals surface area (Å²) in [6.07, 6.45) is 0. The molecule has 3 aromatic carbocycles. The van der Waals surface area contributed by atoms with Crippen molar-refractivity contribution in [2.24, 2.45) is 0 Å². The SMILES string of the molecule is COc1ccc(C(NC(=O)COC(=O)c2ccc([N+](=O)[O-])cc2N)c2ccc(OC)cc2)cc1. The van der Waals surface area contributed by atoms with Crippen molar-refractivity contribution in [2.45, 2.75) is 6.04 Å². The number of methoxy groups -OCH3 is 2. The number of hydrogen-bond acceptors (Lipinski definition) is 8. The number of non-ortho nitro benzene ring substituents is 1. The van der Waals surface area contributed by atoms with E-state index in [1.165, 1.54) is 6.07 Å². The van der Waals surface area contributed by atoms with Crippen molar-refractivity contribution in [3.63, 3.8) is 0 Å². The van der Waals surface area contributed by atoms with E-state index in [0.29, 0.717) is 11.5 Å². The number of nitrogens with two attached hydrogens (primary N) is 1. The number of ether oxygens (including phenoxy) is 3. The predicted molar refractivity (Wildman–Crippen MR) is 124 cm³/mol. The average molecular weight is 465 g/mol. The van der Waals surface area contributed by atoms with Crippen molar-refractivity contribution < 1.29 is 28.7 Å². The van der Waals surface area contributed by atoms with Crippen molar-refractivity contribution in [1.82, 2.24) is 5.32 Å². The summed E-state index contributed by atoms with van der Waals surface area (Å²) in [6, 6.07) is 17.2. The molecule has 0 aliphatic rings. The van der Waals surface area contributed by atoms with Crippen LogP contribution in [0.2, 0.25) is 0 Å². The maximum Gasteiger partial charge on any atom is 0.340 e. The van der Waals surface area contributed by atoms with Gasteiger partial charge in [-0.15, -0.1) is 0 Å². The predicted octanol–water partition coefficient (Wildman–Crippen LogP) is 3.26.